The molecule has 5 nitrogen and oxygen atoms in total. The standard InChI is InChI=1S/C19H14ClF4N3O2/c20-14-5-10-3-4-27(16(10)7-15(14)21)9-17(28)18(29)26-12-2-1-11(8-25)13(6-12)19(22,23)24/h1-2,5-7,17,28H,3-4,9H2,(H,26,29)/t17-/m0/s1. The SMILES string of the molecule is N#Cc1ccc(NC(=O)[C@@H](O)CN2CCc3cc(Cl)c(F)cc32)cc1C(F)(F)F. The van der Waals surface area contributed by atoms with E-state index < -0.39 is 35.1 Å². The highest BCUT2D eigenvalue weighted by atomic mass is 35.5. The maximum atomic E-state index is 13.7. The summed E-state index contributed by atoms with van der Waals surface area (Å²) in [6.45, 7) is 0.247. The summed E-state index contributed by atoms with van der Waals surface area (Å²) in [6, 6.07) is 6.85. The second-order valence-electron chi connectivity index (χ2n) is 6.47. The molecule has 1 aliphatic heterocycles. The maximum Gasteiger partial charge on any atom is 0.417 e. The van der Waals surface area contributed by atoms with Crippen molar-refractivity contribution in [2.24, 2.45) is 0 Å². The van der Waals surface area contributed by atoms with Crippen LogP contribution in [0.25, 0.3) is 0 Å². The first-order valence-corrected chi connectivity index (χ1v) is 8.81. The lowest BCUT2D eigenvalue weighted by Gasteiger charge is -2.22. The summed E-state index contributed by atoms with van der Waals surface area (Å²) in [5.41, 5.74) is -0.707. The van der Waals surface area contributed by atoms with Crippen molar-refractivity contribution in [3.63, 3.8) is 0 Å². The number of amides is 1. The largest absolute Gasteiger partial charge is 0.417 e. The Labute approximate surface area is 168 Å². The predicted octanol–water partition coefficient (Wildman–Crippen LogP) is 3.73. The molecule has 0 aliphatic carbocycles. The molecule has 152 valence electrons. The molecular weight excluding hydrogens is 414 g/mol. The molecule has 29 heavy (non-hydrogen) atoms. The number of nitrogens with one attached hydrogen (secondary N) is 1. The van der Waals surface area contributed by atoms with Crippen LogP contribution >= 0.6 is 11.6 Å². The van der Waals surface area contributed by atoms with E-state index in [1.54, 1.807) is 4.90 Å². The zero-order valence-corrected chi connectivity index (χ0v) is 15.5. The molecular formula is C19H14ClF4N3O2. The lowest BCUT2D eigenvalue weighted by atomic mass is 10.1. The second-order valence-corrected chi connectivity index (χ2v) is 6.87. The van der Waals surface area contributed by atoms with Crippen LogP contribution < -0.4 is 10.2 Å². The number of carbonyl (C=O) groups excluding carboxylic acids is 1. The van der Waals surface area contributed by atoms with E-state index in [9.17, 15) is 27.5 Å². The molecule has 0 aromatic heterocycles. The van der Waals surface area contributed by atoms with Crippen molar-refractivity contribution in [1.29, 1.82) is 5.26 Å². The zero-order chi connectivity index (χ0) is 21.3. The number of alkyl halides is 3. The molecule has 2 N–H and O–H groups in total. The number of fused-ring (bicyclic) bond motifs is 1. The molecule has 0 saturated heterocycles. The number of nitriles is 1. The summed E-state index contributed by atoms with van der Waals surface area (Å²) < 4.78 is 52.8. The van der Waals surface area contributed by atoms with Crippen LogP contribution in [-0.4, -0.2) is 30.2 Å². The summed E-state index contributed by atoms with van der Waals surface area (Å²) in [5.74, 6) is -1.56. The summed E-state index contributed by atoms with van der Waals surface area (Å²) in [7, 11) is 0. The van der Waals surface area contributed by atoms with Crippen LogP contribution in [0, 0.1) is 17.1 Å². The van der Waals surface area contributed by atoms with E-state index in [0.29, 0.717) is 24.7 Å². The van der Waals surface area contributed by atoms with Crippen molar-refractivity contribution in [3.05, 3.63) is 57.9 Å². The van der Waals surface area contributed by atoms with Crippen molar-refractivity contribution in [2.75, 3.05) is 23.3 Å². The van der Waals surface area contributed by atoms with Crippen LogP contribution in [0.4, 0.5) is 28.9 Å². The van der Waals surface area contributed by atoms with Gasteiger partial charge in [-0.3, -0.25) is 4.79 Å². The fourth-order valence-electron chi connectivity index (χ4n) is 3.11. The van der Waals surface area contributed by atoms with E-state index in [2.05, 4.69) is 5.32 Å². The van der Waals surface area contributed by atoms with Crippen LogP contribution in [0.3, 0.4) is 0 Å². The second kappa shape index (κ2) is 7.89. The van der Waals surface area contributed by atoms with Crippen molar-refractivity contribution < 1.29 is 27.5 Å². The Hall–Kier alpha value is -2.83. The summed E-state index contributed by atoms with van der Waals surface area (Å²) in [4.78, 5) is 13.8. The third kappa shape index (κ3) is 4.44. The number of aliphatic hydroxyl groups excluding tert-OH is 1. The molecule has 3 rings (SSSR count). The van der Waals surface area contributed by atoms with E-state index in [4.69, 9.17) is 16.9 Å². The number of hydrogen-bond acceptors (Lipinski definition) is 4. The molecule has 2 aromatic carbocycles. The molecule has 1 heterocycles. The fraction of sp³-hybridized carbons (Fsp3) is 0.263. The van der Waals surface area contributed by atoms with Gasteiger partial charge in [-0.15, -0.1) is 0 Å². The van der Waals surface area contributed by atoms with Gasteiger partial charge < -0.3 is 15.3 Å². The molecule has 2 aromatic rings. The Morgan fingerprint density at radius 3 is 2.72 bits per heavy atom. The normalized spacial score (nSPS) is 14.3. The Morgan fingerprint density at radius 2 is 2.07 bits per heavy atom. The van der Waals surface area contributed by atoms with Gasteiger partial charge in [0.2, 0.25) is 0 Å². The predicted molar refractivity (Wildman–Crippen MR) is 98.1 cm³/mol. The van der Waals surface area contributed by atoms with E-state index in [0.717, 1.165) is 17.7 Å². The smallest absolute Gasteiger partial charge is 0.381 e. The molecule has 10 heteroatoms. The van der Waals surface area contributed by atoms with Gasteiger partial charge in [-0.25, -0.2) is 4.39 Å². The number of carbonyl (C=O) groups is 1. The molecule has 1 amide bonds. The highest BCUT2D eigenvalue weighted by Crippen LogP contribution is 2.34. The maximum absolute atomic E-state index is 13.7. The molecule has 0 bridgehead atoms. The van der Waals surface area contributed by atoms with Crippen LogP contribution in [0.1, 0.15) is 16.7 Å². The number of anilines is 2. The summed E-state index contributed by atoms with van der Waals surface area (Å²) in [5, 5.41) is 21.2. The number of β-amino-alcohol motifs (C(OH)–C–C–N with tert-alkyl or cyclic N) is 1. The van der Waals surface area contributed by atoms with Gasteiger partial charge in [-0.1, -0.05) is 11.6 Å². The molecule has 1 aliphatic rings. The first-order chi connectivity index (χ1) is 13.6. The minimum Gasteiger partial charge on any atom is -0.381 e. The van der Waals surface area contributed by atoms with E-state index in [1.165, 1.54) is 18.2 Å². The monoisotopic (exact) mass is 427 g/mol. The zero-order valence-electron chi connectivity index (χ0n) is 14.7. The van der Waals surface area contributed by atoms with Gasteiger partial charge in [0.25, 0.3) is 5.91 Å². The van der Waals surface area contributed by atoms with E-state index in [-0.39, 0.29) is 17.3 Å². The fourth-order valence-corrected chi connectivity index (χ4v) is 3.30. The minimum atomic E-state index is -4.77. The molecule has 0 fully saturated rings. The lowest BCUT2D eigenvalue weighted by Crippen LogP contribution is -2.39. The summed E-state index contributed by atoms with van der Waals surface area (Å²) in [6.07, 6.45) is -5.80. The van der Waals surface area contributed by atoms with Crippen molar-refractivity contribution >= 4 is 28.9 Å². The van der Waals surface area contributed by atoms with Crippen LogP contribution in [0.5, 0.6) is 0 Å². The molecule has 0 saturated carbocycles. The Bertz CT molecular complexity index is 1000. The number of benzene rings is 2. The van der Waals surface area contributed by atoms with Gasteiger partial charge in [0.15, 0.2) is 6.10 Å². The van der Waals surface area contributed by atoms with Crippen molar-refractivity contribution in [1.82, 2.24) is 0 Å². The van der Waals surface area contributed by atoms with Crippen molar-refractivity contribution in [2.45, 2.75) is 18.7 Å². The first-order valence-electron chi connectivity index (χ1n) is 8.43. The molecule has 0 unspecified atom stereocenters. The quantitative estimate of drug-likeness (QED) is 0.729. The first kappa shape index (κ1) is 20.9. The van der Waals surface area contributed by atoms with Gasteiger partial charge in [0.05, 0.1) is 28.8 Å². The highest BCUT2D eigenvalue weighted by molar-refractivity contribution is 6.30. The third-order valence-corrected chi connectivity index (χ3v) is 4.81. The molecule has 0 spiro atoms. The van der Waals surface area contributed by atoms with Gasteiger partial charge >= 0.3 is 6.18 Å². The van der Waals surface area contributed by atoms with Crippen LogP contribution in [0.15, 0.2) is 30.3 Å². The minimum absolute atomic E-state index is 0.0230. The highest BCUT2D eigenvalue weighted by Gasteiger charge is 2.34. The Balaban J connectivity index is 1.72. The average Bonchev–Trinajstić information content (AvgIpc) is 3.02. The van der Waals surface area contributed by atoms with Crippen LogP contribution in [0.2, 0.25) is 5.02 Å². The Kier molecular flexibility index (Phi) is 5.68. The van der Waals surface area contributed by atoms with Crippen molar-refractivity contribution in [3.8, 4) is 6.07 Å². The number of halogens is 5. The average molecular weight is 428 g/mol. The molecule has 0 radical (unpaired) electrons. The van der Waals surface area contributed by atoms with Gasteiger partial charge in [-0.05, 0) is 42.3 Å². The third-order valence-electron chi connectivity index (χ3n) is 4.52. The van der Waals surface area contributed by atoms with Gasteiger partial charge in [-0.2, -0.15) is 18.4 Å². The lowest BCUT2D eigenvalue weighted by molar-refractivity contribution is -0.137. The topological polar surface area (TPSA) is 76.4 Å². The van der Waals surface area contributed by atoms with Gasteiger partial charge in [0, 0.05) is 17.9 Å². The van der Waals surface area contributed by atoms with E-state index in [1.807, 2.05) is 0 Å². The van der Waals surface area contributed by atoms with Gasteiger partial charge in [0.1, 0.15) is 5.82 Å². The van der Waals surface area contributed by atoms with E-state index >= 15 is 0 Å². The number of nitrogens with zero attached hydrogens (tertiary/aromatic N) is 2. The number of aliphatic hydroxyl groups is 1. The molecule has 1 atom stereocenters. The number of hydrogen-bond donors (Lipinski definition) is 2. The Morgan fingerprint density at radius 1 is 1.34 bits per heavy atom. The van der Waals surface area contributed by atoms with Crippen LogP contribution in [-0.2, 0) is 17.4 Å². The summed E-state index contributed by atoms with van der Waals surface area (Å²) >= 11 is 5.75. The number of rotatable bonds is 4.